The van der Waals surface area contributed by atoms with Gasteiger partial charge in [0, 0.05) is 48.6 Å². The molecule has 0 spiro atoms. The molecule has 3 heterocycles. The maximum Gasteiger partial charge on any atom is 0.213 e. The summed E-state index contributed by atoms with van der Waals surface area (Å²) in [6, 6.07) is 11.4. The fourth-order valence-corrected chi connectivity index (χ4v) is 5.40. The van der Waals surface area contributed by atoms with Crippen molar-refractivity contribution in [2.45, 2.75) is 6.54 Å². The topological polar surface area (TPSA) is 85.3 Å². The third-order valence-electron chi connectivity index (χ3n) is 6.08. The molecule has 5 rings (SSSR count). The smallest absolute Gasteiger partial charge is 0.213 e. The molecular formula is C25H22F2N4O3S. The number of benzene rings is 2. The van der Waals surface area contributed by atoms with Crippen LogP contribution in [0.3, 0.4) is 0 Å². The van der Waals surface area contributed by atoms with Crippen molar-refractivity contribution in [2.75, 3.05) is 31.7 Å². The van der Waals surface area contributed by atoms with E-state index >= 15 is 8.78 Å². The molecule has 2 aromatic heterocycles. The lowest BCUT2D eigenvalue weighted by Crippen LogP contribution is -2.40. The molecule has 0 aliphatic carbocycles. The summed E-state index contributed by atoms with van der Waals surface area (Å²) in [6.45, 7) is 0.520. The standard InChI is InChI=1S/C25H22F2N4O3S/c1-34-24-13-16(5-6-28-24)23-14-29-22-4-2-3-18(25(22)30-23)17-11-20(26)19(21(27)12-17)15-31-7-9-35(32,33)10-8-31/h2-6,11-14H,7-10,15H2,1H3. The zero-order valence-electron chi connectivity index (χ0n) is 18.9. The molecule has 0 saturated carbocycles. The van der Waals surface area contributed by atoms with E-state index in [1.165, 1.54) is 19.2 Å². The maximum atomic E-state index is 15.1. The molecule has 0 bridgehead atoms. The van der Waals surface area contributed by atoms with Gasteiger partial charge in [0.1, 0.15) is 11.6 Å². The quantitative estimate of drug-likeness (QED) is 0.415. The van der Waals surface area contributed by atoms with Crippen molar-refractivity contribution in [3.05, 3.63) is 72.1 Å². The number of fused-ring (bicyclic) bond motifs is 1. The van der Waals surface area contributed by atoms with Gasteiger partial charge in [-0.05, 0) is 29.8 Å². The Morgan fingerprint density at radius 1 is 1.00 bits per heavy atom. The first kappa shape index (κ1) is 23.3. The van der Waals surface area contributed by atoms with Crippen LogP contribution in [0.1, 0.15) is 5.56 Å². The summed E-state index contributed by atoms with van der Waals surface area (Å²) in [4.78, 5) is 15.1. The molecule has 0 radical (unpaired) electrons. The molecule has 1 saturated heterocycles. The minimum Gasteiger partial charge on any atom is -0.481 e. The summed E-state index contributed by atoms with van der Waals surface area (Å²) >= 11 is 0. The number of pyridine rings is 1. The van der Waals surface area contributed by atoms with Crippen LogP contribution < -0.4 is 4.74 Å². The van der Waals surface area contributed by atoms with Crippen molar-refractivity contribution in [1.82, 2.24) is 19.9 Å². The van der Waals surface area contributed by atoms with Crippen LogP contribution in [-0.2, 0) is 16.4 Å². The molecule has 7 nitrogen and oxygen atoms in total. The van der Waals surface area contributed by atoms with E-state index in [2.05, 4.69) is 9.97 Å². The number of sulfone groups is 1. The molecule has 1 aliphatic rings. The zero-order chi connectivity index (χ0) is 24.6. The van der Waals surface area contributed by atoms with E-state index in [4.69, 9.17) is 9.72 Å². The van der Waals surface area contributed by atoms with Crippen molar-refractivity contribution >= 4 is 20.9 Å². The molecule has 10 heteroatoms. The molecule has 0 atom stereocenters. The van der Waals surface area contributed by atoms with Crippen LogP contribution in [-0.4, -0.2) is 60.0 Å². The van der Waals surface area contributed by atoms with Crippen LogP contribution in [0, 0.1) is 11.6 Å². The maximum absolute atomic E-state index is 15.1. The highest BCUT2D eigenvalue weighted by Crippen LogP contribution is 2.31. The van der Waals surface area contributed by atoms with Crippen LogP contribution in [0.4, 0.5) is 8.78 Å². The van der Waals surface area contributed by atoms with Crippen LogP contribution in [0.25, 0.3) is 33.4 Å². The van der Waals surface area contributed by atoms with Crippen molar-refractivity contribution in [2.24, 2.45) is 0 Å². The van der Waals surface area contributed by atoms with Gasteiger partial charge in [0.25, 0.3) is 0 Å². The Labute approximate surface area is 201 Å². The van der Waals surface area contributed by atoms with E-state index in [1.54, 1.807) is 47.6 Å². The number of nitrogens with zero attached hydrogens (tertiary/aromatic N) is 4. The normalized spacial score (nSPS) is 15.9. The number of hydrogen-bond donors (Lipinski definition) is 0. The van der Waals surface area contributed by atoms with Gasteiger partial charge in [0.2, 0.25) is 5.88 Å². The molecule has 4 aromatic rings. The van der Waals surface area contributed by atoms with Gasteiger partial charge in [0.15, 0.2) is 9.84 Å². The predicted molar refractivity (Wildman–Crippen MR) is 129 cm³/mol. The molecule has 35 heavy (non-hydrogen) atoms. The van der Waals surface area contributed by atoms with Crippen LogP contribution in [0.15, 0.2) is 54.9 Å². The lowest BCUT2D eigenvalue weighted by molar-refractivity contribution is 0.278. The van der Waals surface area contributed by atoms with Crippen LogP contribution in [0.2, 0.25) is 0 Å². The fourth-order valence-electron chi connectivity index (χ4n) is 4.13. The lowest BCUT2D eigenvalue weighted by Gasteiger charge is -2.26. The molecule has 0 amide bonds. The van der Waals surface area contributed by atoms with Gasteiger partial charge in [-0.3, -0.25) is 9.88 Å². The van der Waals surface area contributed by atoms with Crippen molar-refractivity contribution < 1.29 is 21.9 Å². The van der Waals surface area contributed by atoms with Crippen LogP contribution >= 0.6 is 0 Å². The molecule has 180 valence electrons. The van der Waals surface area contributed by atoms with Gasteiger partial charge in [-0.25, -0.2) is 27.2 Å². The average molecular weight is 497 g/mol. The Bertz CT molecular complexity index is 1490. The van der Waals surface area contributed by atoms with E-state index in [9.17, 15) is 8.42 Å². The molecular weight excluding hydrogens is 474 g/mol. The van der Waals surface area contributed by atoms with Gasteiger partial charge in [-0.1, -0.05) is 12.1 Å². The van der Waals surface area contributed by atoms with E-state index in [1.807, 2.05) is 0 Å². The first-order valence-corrected chi connectivity index (χ1v) is 12.8. The Kier molecular flexibility index (Phi) is 6.16. The number of hydrogen-bond acceptors (Lipinski definition) is 7. The van der Waals surface area contributed by atoms with Gasteiger partial charge in [-0.15, -0.1) is 0 Å². The monoisotopic (exact) mass is 496 g/mol. The summed E-state index contributed by atoms with van der Waals surface area (Å²) in [5, 5.41) is 0. The first-order valence-electron chi connectivity index (χ1n) is 11.0. The second kappa shape index (κ2) is 9.27. The molecule has 2 aromatic carbocycles. The van der Waals surface area contributed by atoms with E-state index < -0.39 is 21.5 Å². The number of aromatic nitrogens is 3. The van der Waals surface area contributed by atoms with Crippen LogP contribution in [0.5, 0.6) is 5.88 Å². The van der Waals surface area contributed by atoms with Gasteiger partial charge in [0.05, 0.1) is 41.5 Å². The Morgan fingerprint density at radius 2 is 1.74 bits per heavy atom. The largest absolute Gasteiger partial charge is 0.481 e. The molecule has 0 N–H and O–H groups in total. The minimum atomic E-state index is -3.07. The number of para-hydroxylation sites is 1. The number of methoxy groups -OCH3 is 1. The molecule has 1 aliphatic heterocycles. The Balaban J connectivity index is 1.51. The van der Waals surface area contributed by atoms with Gasteiger partial charge in [-0.2, -0.15) is 0 Å². The van der Waals surface area contributed by atoms with E-state index in [0.717, 1.165) is 5.56 Å². The third-order valence-corrected chi connectivity index (χ3v) is 7.69. The van der Waals surface area contributed by atoms with E-state index in [-0.39, 0.29) is 36.7 Å². The van der Waals surface area contributed by atoms with Gasteiger partial charge < -0.3 is 4.74 Å². The second-order valence-electron chi connectivity index (χ2n) is 8.36. The van der Waals surface area contributed by atoms with Crippen molar-refractivity contribution in [1.29, 1.82) is 0 Å². The highest BCUT2D eigenvalue weighted by Gasteiger charge is 2.24. The predicted octanol–water partition coefficient (Wildman–Crippen LogP) is 3.88. The van der Waals surface area contributed by atoms with Crippen molar-refractivity contribution in [3.8, 4) is 28.3 Å². The second-order valence-corrected chi connectivity index (χ2v) is 10.7. The lowest BCUT2D eigenvalue weighted by atomic mass is 10.0. The van der Waals surface area contributed by atoms with E-state index in [0.29, 0.717) is 33.7 Å². The molecule has 0 unspecified atom stereocenters. The summed E-state index contributed by atoms with van der Waals surface area (Å²) in [6.07, 6.45) is 3.23. The van der Waals surface area contributed by atoms with Gasteiger partial charge >= 0.3 is 0 Å². The minimum absolute atomic E-state index is 0.00528. The average Bonchev–Trinajstić information content (AvgIpc) is 2.86. The number of ether oxygens (including phenoxy) is 1. The Morgan fingerprint density at radius 3 is 2.46 bits per heavy atom. The summed E-state index contributed by atoms with van der Waals surface area (Å²) in [7, 11) is -1.55. The summed E-state index contributed by atoms with van der Waals surface area (Å²) < 4.78 is 58.6. The number of halogens is 2. The third kappa shape index (κ3) is 4.85. The first-order chi connectivity index (χ1) is 16.8. The van der Waals surface area contributed by atoms with Crippen molar-refractivity contribution in [3.63, 3.8) is 0 Å². The SMILES string of the molecule is COc1cc(-c2cnc3cccc(-c4cc(F)c(CN5CCS(=O)(=O)CC5)c(F)c4)c3n2)ccn1. The summed E-state index contributed by atoms with van der Waals surface area (Å²) in [5.41, 5.74) is 3.23. The molecule has 1 fully saturated rings. The highest BCUT2D eigenvalue weighted by atomic mass is 32.2. The fraction of sp³-hybridized carbons (Fsp3) is 0.240. The Hall–Kier alpha value is -3.50. The number of rotatable bonds is 5. The highest BCUT2D eigenvalue weighted by molar-refractivity contribution is 7.91. The summed E-state index contributed by atoms with van der Waals surface area (Å²) in [5.74, 6) is -0.950. The zero-order valence-corrected chi connectivity index (χ0v) is 19.7.